The number of benzene rings is 1. The minimum Gasteiger partial charge on any atom is -0.497 e. The quantitative estimate of drug-likeness (QED) is 0.684. The zero-order chi connectivity index (χ0) is 13.2. The predicted octanol–water partition coefficient (Wildman–Crippen LogP) is 3.10. The van der Waals surface area contributed by atoms with Crippen LogP contribution in [0.5, 0.6) is 11.5 Å². The van der Waals surface area contributed by atoms with Gasteiger partial charge in [0.1, 0.15) is 18.1 Å². The maximum absolute atomic E-state index is 5.64. The minimum atomic E-state index is 0.701. The van der Waals surface area contributed by atoms with Crippen LogP contribution < -0.4 is 14.8 Å². The Hall–Kier alpha value is -1.22. The molecule has 0 saturated heterocycles. The first-order chi connectivity index (χ1) is 8.80. The van der Waals surface area contributed by atoms with E-state index in [4.69, 9.17) is 9.47 Å². The molecular weight excluding hydrogens is 226 g/mol. The number of methoxy groups -OCH3 is 1. The van der Waals surface area contributed by atoms with Gasteiger partial charge < -0.3 is 14.8 Å². The van der Waals surface area contributed by atoms with Crippen LogP contribution in [0.1, 0.15) is 26.7 Å². The Morgan fingerprint density at radius 3 is 2.22 bits per heavy atom. The molecule has 0 saturated carbocycles. The summed E-state index contributed by atoms with van der Waals surface area (Å²) in [6.07, 6.45) is 2.48. The molecule has 1 aromatic carbocycles. The summed E-state index contributed by atoms with van der Waals surface area (Å²) in [6, 6.07) is 7.68. The molecule has 1 N–H and O–H groups in total. The first-order valence-corrected chi connectivity index (χ1v) is 6.77. The first-order valence-electron chi connectivity index (χ1n) is 6.77. The van der Waals surface area contributed by atoms with Crippen molar-refractivity contribution in [2.24, 2.45) is 5.92 Å². The highest BCUT2D eigenvalue weighted by Gasteiger charge is 2.01. The average Bonchev–Trinajstić information content (AvgIpc) is 2.43. The summed E-state index contributed by atoms with van der Waals surface area (Å²) < 4.78 is 10.7. The Labute approximate surface area is 110 Å². The van der Waals surface area contributed by atoms with Crippen molar-refractivity contribution in [1.29, 1.82) is 0 Å². The molecule has 0 aliphatic carbocycles. The van der Waals surface area contributed by atoms with Gasteiger partial charge in [0.15, 0.2) is 0 Å². The van der Waals surface area contributed by atoms with E-state index in [1.54, 1.807) is 7.11 Å². The summed E-state index contributed by atoms with van der Waals surface area (Å²) in [7, 11) is 1.66. The molecule has 0 bridgehead atoms. The van der Waals surface area contributed by atoms with Gasteiger partial charge in [-0.15, -0.1) is 0 Å². The van der Waals surface area contributed by atoms with Crippen molar-refractivity contribution in [2.75, 3.05) is 26.8 Å². The van der Waals surface area contributed by atoms with E-state index < -0.39 is 0 Å². The third kappa shape index (κ3) is 5.41. The van der Waals surface area contributed by atoms with Gasteiger partial charge in [0, 0.05) is 6.54 Å². The van der Waals surface area contributed by atoms with Gasteiger partial charge >= 0.3 is 0 Å². The predicted molar refractivity (Wildman–Crippen MR) is 75.4 cm³/mol. The number of hydrogen-bond acceptors (Lipinski definition) is 3. The van der Waals surface area contributed by atoms with Crippen LogP contribution >= 0.6 is 0 Å². The van der Waals surface area contributed by atoms with Gasteiger partial charge in [-0.25, -0.2) is 0 Å². The van der Waals surface area contributed by atoms with Gasteiger partial charge in [0.05, 0.1) is 7.11 Å². The van der Waals surface area contributed by atoms with Crippen molar-refractivity contribution in [3.8, 4) is 11.5 Å². The summed E-state index contributed by atoms with van der Waals surface area (Å²) in [4.78, 5) is 0. The molecule has 0 amide bonds. The molecule has 3 nitrogen and oxygen atoms in total. The highest BCUT2D eigenvalue weighted by Crippen LogP contribution is 2.16. The monoisotopic (exact) mass is 251 g/mol. The second-order valence-electron chi connectivity index (χ2n) is 4.41. The number of hydrogen-bond donors (Lipinski definition) is 1. The Balaban J connectivity index is 2.13. The molecule has 18 heavy (non-hydrogen) atoms. The van der Waals surface area contributed by atoms with Gasteiger partial charge in [-0.3, -0.25) is 0 Å². The summed E-state index contributed by atoms with van der Waals surface area (Å²) in [6.45, 7) is 7.15. The van der Waals surface area contributed by atoms with Crippen molar-refractivity contribution in [3.05, 3.63) is 24.3 Å². The van der Waals surface area contributed by atoms with E-state index in [0.717, 1.165) is 30.5 Å². The van der Waals surface area contributed by atoms with Crippen LogP contribution in [0, 0.1) is 5.92 Å². The van der Waals surface area contributed by atoms with Crippen LogP contribution in [0.15, 0.2) is 24.3 Å². The lowest BCUT2D eigenvalue weighted by molar-refractivity contribution is 0.306. The summed E-state index contributed by atoms with van der Waals surface area (Å²) in [5, 5.41) is 3.43. The van der Waals surface area contributed by atoms with Crippen LogP contribution in [0.3, 0.4) is 0 Å². The fourth-order valence-corrected chi connectivity index (χ4v) is 1.80. The van der Waals surface area contributed by atoms with Gasteiger partial charge in [0.25, 0.3) is 0 Å². The maximum Gasteiger partial charge on any atom is 0.119 e. The fourth-order valence-electron chi connectivity index (χ4n) is 1.80. The molecule has 1 aromatic rings. The SMILES string of the molecule is CCC(CC)CNCCOc1ccc(OC)cc1. The van der Waals surface area contributed by atoms with E-state index in [-0.39, 0.29) is 0 Å². The zero-order valence-corrected chi connectivity index (χ0v) is 11.7. The molecule has 3 heteroatoms. The van der Waals surface area contributed by atoms with Crippen LogP contribution in [0.4, 0.5) is 0 Å². The second kappa shape index (κ2) is 8.81. The van der Waals surface area contributed by atoms with Crippen molar-refractivity contribution >= 4 is 0 Å². The van der Waals surface area contributed by atoms with Crippen molar-refractivity contribution in [3.63, 3.8) is 0 Å². The van der Waals surface area contributed by atoms with Crippen molar-refractivity contribution < 1.29 is 9.47 Å². The summed E-state index contributed by atoms with van der Waals surface area (Å²) >= 11 is 0. The van der Waals surface area contributed by atoms with Gasteiger partial charge in [-0.2, -0.15) is 0 Å². The normalized spacial score (nSPS) is 10.7. The van der Waals surface area contributed by atoms with Crippen LogP contribution in [-0.4, -0.2) is 26.8 Å². The van der Waals surface area contributed by atoms with Crippen molar-refractivity contribution in [1.82, 2.24) is 5.32 Å². The Morgan fingerprint density at radius 2 is 1.67 bits per heavy atom. The van der Waals surface area contributed by atoms with Gasteiger partial charge in [-0.05, 0) is 36.7 Å². The molecule has 0 aliphatic heterocycles. The van der Waals surface area contributed by atoms with E-state index in [1.807, 2.05) is 24.3 Å². The standard InChI is InChI=1S/C15H25NO2/c1-4-13(5-2)12-16-10-11-18-15-8-6-14(17-3)7-9-15/h6-9,13,16H,4-5,10-12H2,1-3H3. The maximum atomic E-state index is 5.64. The van der Waals surface area contributed by atoms with E-state index >= 15 is 0 Å². The lowest BCUT2D eigenvalue weighted by atomic mass is 10.0. The molecular formula is C15H25NO2. The van der Waals surface area contributed by atoms with Gasteiger partial charge in [-0.1, -0.05) is 26.7 Å². The average molecular weight is 251 g/mol. The molecule has 0 fully saturated rings. The lowest BCUT2D eigenvalue weighted by Crippen LogP contribution is -2.26. The van der Waals surface area contributed by atoms with Gasteiger partial charge in [0.2, 0.25) is 0 Å². The molecule has 0 aliphatic rings. The highest BCUT2D eigenvalue weighted by molar-refractivity contribution is 5.31. The fraction of sp³-hybridized carbons (Fsp3) is 0.600. The molecule has 0 spiro atoms. The van der Waals surface area contributed by atoms with Crippen LogP contribution in [-0.2, 0) is 0 Å². The molecule has 0 heterocycles. The second-order valence-corrected chi connectivity index (χ2v) is 4.41. The van der Waals surface area contributed by atoms with Crippen LogP contribution in [0.25, 0.3) is 0 Å². The van der Waals surface area contributed by atoms with E-state index in [9.17, 15) is 0 Å². The van der Waals surface area contributed by atoms with E-state index in [0.29, 0.717) is 6.61 Å². The summed E-state index contributed by atoms with van der Waals surface area (Å²) in [5.41, 5.74) is 0. The number of nitrogens with one attached hydrogen (secondary N) is 1. The third-order valence-corrected chi connectivity index (χ3v) is 3.19. The van der Waals surface area contributed by atoms with Crippen molar-refractivity contribution in [2.45, 2.75) is 26.7 Å². The number of ether oxygens (including phenoxy) is 2. The molecule has 0 radical (unpaired) electrons. The topological polar surface area (TPSA) is 30.5 Å². The Kier molecular flexibility index (Phi) is 7.26. The molecule has 102 valence electrons. The Bertz CT molecular complexity index is 307. The van der Waals surface area contributed by atoms with E-state index in [2.05, 4.69) is 19.2 Å². The number of rotatable bonds is 9. The molecule has 0 atom stereocenters. The molecule has 0 aromatic heterocycles. The largest absolute Gasteiger partial charge is 0.497 e. The highest BCUT2D eigenvalue weighted by atomic mass is 16.5. The lowest BCUT2D eigenvalue weighted by Gasteiger charge is -2.13. The van der Waals surface area contributed by atoms with Crippen LogP contribution in [0.2, 0.25) is 0 Å². The zero-order valence-electron chi connectivity index (χ0n) is 11.7. The third-order valence-electron chi connectivity index (χ3n) is 3.19. The Morgan fingerprint density at radius 1 is 1.06 bits per heavy atom. The first kappa shape index (κ1) is 14.8. The molecule has 0 unspecified atom stereocenters. The summed E-state index contributed by atoms with van der Waals surface area (Å²) in [5.74, 6) is 2.53. The minimum absolute atomic E-state index is 0.701. The van der Waals surface area contributed by atoms with E-state index in [1.165, 1.54) is 12.8 Å². The smallest absolute Gasteiger partial charge is 0.119 e. The molecule has 1 rings (SSSR count).